The van der Waals surface area contributed by atoms with Crippen molar-refractivity contribution in [1.29, 1.82) is 0 Å². The number of Topliss-reactive ketones (excluding diaryl/α,β-unsaturated/α-hetero) is 1. The molecule has 0 amide bonds. The number of H-pyrrole nitrogens is 1. The van der Waals surface area contributed by atoms with Gasteiger partial charge in [-0.25, -0.2) is 18.6 Å². The normalized spacial score (nSPS) is 16.7. The highest BCUT2D eigenvalue weighted by molar-refractivity contribution is 6.02. The van der Waals surface area contributed by atoms with Crippen LogP contribution in [0.3, 0.4) is 0 Å². The predicted molar refractivity (Wildman–Crippen MR) is 125 cm³/mol. The van der Waals surface area contributed by atoms with Crippen LogP contribution < -0.4 is 20.7 Å². The number of aromatic amines is 1. The van der Waals surface area contributed by atoms with E-state index in [-0.39, 0.29) is 41.8 Å². The summed E-state index contributed by atoms with van der Waals surface area (Å²) < 4.78 is 40.2. The maximum absolute atomic E-state index is 13.9. The second kappa shape index (κ2) is 8.40. The molecule has 2 aliphatic rings. The molecule has 2 aromatic heterocycles. The van der Waals surface area contributed by atoms with Gasteiger partial charge in [0.2, 0.25) is 0 Å². The number of benzene rings is 2. The smallest absolute Gasteiger partial charge is 0.330 e. The lowest BCUT2D eigenvalue weighted by Crippen LogP contribution is -2.33. The van der Waals surface area contributed by atoms with Gasteiger partial charge in [-0.05, 0) is 53.3 Å². The van der Waals surface area contributed by atoms with E-state index in [0.717, 1.165) is 11.6 Å². The standard InChI is InChI=1S/C26H19F2N3O5/c27-16-6-14(7-17(28)10-16)15-8-18-19(20(32)9-15)11-29-24-23(18)25(33)30-26(34)31(24)12-13-1-2-21-22(5-13)36-4-3-35-21/h1-2,5-7,10-11,15H,3-4,8-9,12H2,(H,30,33,34). The van der Waals surface area contributed by atoms with E-state index >= 15 is 0 Å². The lowest BCUT2D eigenvalue weighted by Gasteiger charge is -2.25. The Morgan fingerprint density at radius 1 is 0.972 bits per heavy atom. The third kappa shape index (κ3) is 3.74. The molecule has 1 aliphatic carbocycles. The number of ether oxygens (including phenoxy) is 2. The summed E-state index contributed by atoms with van der Waals surface area (Å²) in [5.74, 6) is -1.14. The fraction of sp³-hybridized carbons (Fsp3) is 0.231. The van der Waals surface area contributed by atoms with Gasteiger partial charge in [-0.1, -0.05) is 6.07 Å². The average molecular weight is 491 g/mol. The SMILES string of the molecule is O=C1CC(c2cc(F)cc(F)c2)Cc2c1cnc1c2c(=O)[nH]c(=O)n1Cc1ccc2c(c1)OCCO2. The van der Waals surface area contributed by atoms with Crippen LogP contribution in [-0.2, 0) is 13.0 Å². The second-order valence-electron chi connectivity index (χ2n) is 8.90. The number of fused-ring (bicyclic) bond motifs is 4. The molecular weight excluding hydrogens is 472 g/mol. The first-order valence-corrected chi connectivity index (χ1v) is 11.4. The summed E-state index contributed by atoms with van der Waals surface area (Å²) in [6.45, 7) is 0.949. The van der Waals surface area contributed by atoms with E-state index < -0.39 is 28.8 Å². The molecule has 182 valence electrons. The van der Waals surface area contributed by atoms with Gasteiger partial charge in [0.05, 0.1) is 11.9 Å². The van der Waals surface area contributed by atoms with Gasteiger partial charge in [0.25, 0.3) is 5.56 Å². The quantitative estimate of drug-likeness (QED) is 0.473. The van der Waals surface area contributed by atoms with Gasteiger partial charge in [-0.3, -0.25) is 19.1 Å². The minimum absolute atomic E-state index is 0.0256. The number of nitrogens with one attached hydrogen (secondary N) is 1. The van der Waals surface area contributed by atoms with Crippen molar-refractivity contribution < 1.29 is 23.0 Å². The van der Waals surface area contributed by atoms with Gasteiger partial charge in [-0.15, -0.1) is 0 Å². The van der Waals surface area contributed by atoms with Crippen molar-refractivity contribution in [3.8, 4) is 11.5 Å². The number of halogens is 2. The molecule has 0 radical (unpaired) electrons. The molecular formula is C26H19F2N3O5. The highest BCUT2D eigenvalue weighted by atomic mass is 19.1. The molecule has 0 spiro atoms. The van der Waals surface area contributed by atoms with Gasteiger partial charge in [0.15, 0.2) is 17.3 Å². The van der Waals surface area contributed by atoms with Crippen LogP contribution >= 0.6 is 0 Å². The van der Waals surface area contributed by atoms with Crippen LogP contribution in [0.15, 0.2) is 52.2 Å². The van der Waals surface area contributed by atoms with Gasteiger partial charge in [-0.2, -0.15) is 0 Å². The Morgan fingerprint density at radius 3 is 2.50 bits per heavy atom. The summed E-state index contributed by atoms with van der Waals surface area (Å²) >= 11 is 0. The maximum Gasteiger partial charge on any atom is 0.330 e. The fourth-order valence-corrected chi connectivity index (χ4v) is 4.97. The summed E-state index contributed by atoms with van der Waals surface area (Å²) in [7, 11) is 0. The van der Waals surface area contributed by atoms with Crippen LogP contribution in [-0.4, -0.2) is 33.5 Å². The van der Waals surface area contributed by atoms with E-state index in [1.807, 2.05) is 0 Å². The number of carbonyl (C=O) groups is 1. The first-order chi connectivity index (χ1) is 17.4. The zero-order chi connectivity index (χ0) is 25.0. The van der Waals surface area contributed by atoms with Crippen molar-refractivity contribution in [3.63, 3.8) is 0 Å². The molecule has 1 atom stereocenters. The van der Waals surface area contributed by atoms with Crippen LogP contribution in [0.5, 0.6) is 11.5 Å². The van der Waals surface area contributed by atoms with Crippen LogP contribution in [0, 0.1) is 11.6 Å². The monoisotopic (exact) mass is 491 g/mol. The number of nitrogens with zero attached hydrogens (tertiary/aromatic N) is 2. The van der Waals surface area contributed by atoms with Crippen molar-refractivity contribution in [2.75, 3.05) is 13.2 Å². The van der Waals surface area contributed by atoms with E-state index in [1.54, 1.807) is 18.2 Å². The van der Waals surface area contributed by atoms with E-state index in [9.17, 15) is 23.2 Å². The number of hydrogen-bond acceptors (Lipinski definition) is 6. The molecule has 1 aliphatic heterocycles. The van der Waals surface area contributed by atoms with E-state index in [1.165, 1.54) is 22.9 Å². The molecule has 0 fully saturated rings. The Hall–Kier alpha value is -4.34. The average Bonchev–Trinajstić information content (AvgIpc) is 2.85. The van der Waals surface area contributed by atoms with E-state index in [0.29, 0.717) is 35.8 Å². The molecule has 4 aromatic rings. The second-order valence-corrected chi connectivity index (χ2v) is 8.90. The minimum atomic E-state index is -0.742. The Morgan fingerprint density at radius 2 is 1.72 bits per heavy atom. The summed E-state index contributed by atoms with van der Waals surface area (Å²) in [6, 6.07) is 8.44. The van der Waals surface area contributed by atoms with Gasteiger partial charge in [0.1, 0.15) is 30.5 Å². The van der Waals surface area contributed by atoms with Crippen LogP contribution in [0.4, 0.5) is 8.78 Å². The number of ketones is 1. The molecule has 0 saturated carbocycles. The number of rotatable bonds is 3. The number of hydrogen-bond donors (Lipinski definition) is 1. The van der Waals surface area contributed by atoms with E-state index in [2.05, 4.69) is 9.97 Å². The van der Waals surface area contributed by atoms with Gasteiger partial charge < -0.3 is 9.47 Å². The fourth-order valence-electron chi connectivity index (χ4n) is 4.97. The molecule has 1 unspecified atom stereocenters. The minimum Gasteiger partial charge on any atom is -0.486 e. The van der Waals surface area contributed by atoms with Crippen molar-refractivity contribution in [2.45, 2.75) is 25.3 Å². The largest absolute Gasteiger partial charge is 0.486 e. The topological polar surface area (TPSA) is 103 Å². The van der Waals surface area contributed by atoms with Crippen LogP contribution in [0.2, 0.25) is 0 Å². The highest BCUT2D eigenvalue weighted by Crippen LogP contribution is 2.35. The molecule has 8 nitrogen and oxygen atoms in total. The van der Waals surface area contributed by atoms with Gasteiger partial charge in [0, 0.05) is 24.2 Å². The van der Waals surface area contributed by atoms with E-state index in [4.69, 9.17) is 9.47 Å². The van der Waals surface area contributed by atoms with Gasteiger partial charge >= 0.3 is 5.69 Å². The Kier molecular flexibility index (Phi) is 5.17. The third-order valence-electron chi connectivity index (χ3n) is 6.60. The zero-order valence-electron chi connectivity index (χ0n) is 18.8. The zero-order valence-corrected chi connectivity index (χ0v) is 18.8. The molecule has 1 N–H and O–H groups in total. The van der Waals surface area contributed by atoms with Crippen LogP contribution in [0.1, 0.15) is 39.4 Å². The molecule has 6 rings (SSSR count). The van der Waals surface area contributed by atoms with Crippen molar-refractivity contribution in [2.24, 2.45) is 0 Å². The van der Waals surface area contributed by atoms with Crippen molar-refractivity contribution in [3.05, 3.63) is 97.3 Å². The maximum atomic E-state index is 13.9. The summed E-state index contributed by atoms with van der Waals surface area (Å²) in [6.07, 6.45) is 1.58. The third-order valence-corrected chi connectivity index (χ3v) is 6.60. The number of pyridine rings is 1. The number of carbonyl (C=O) groups excluding carboxylic acids is 1. The first kappa shape index (κ1) is 22.1. The molecule has 0 saturated heterocycles. The summed E-state index contributed by atoms with van der Waals surface area (Å²) in [5.41, 5.74) is 0.526. The summed E-state index contributed by atoms with van der Waals surface area (Å²) in [4.78, 5) is 45.3. The molecule has 10 heteroatoms. The Labute approximate surface area is 202 Å². The Bertz CT molecular complexity index is 1660. The van der Waals surface area contributed by atoms with Crippen molar-refractivity contribution in [1.82, 2.24) is 14.5 Å². The molecule has 2 aromatic carbocycles. The predicted octanol–water partition coefficient (Wildman–Crippen LogP) is 3.10. The van der Waals surface area contributed by atoms with Crippen molar-refractivity contribution >= 4 is 16.8 Å². The number of aromatic nitrogens is 3. The lowest BCUT2D eigenvalue weighted by molar-refractivity contribution is 0.0964. The molecule has 36 heavy (non-hydrogen) atoms. The Balaban J connectivity index is 1.47. The first-order valence-electron chi connectivity index (χ1n) is 11.4. The lowest BCUT2D eigenvalue weighted by atomic mass is 9.79. The summed E-state index contributed by atoms with van der Waals surface area (Å²) in [5, 5.41) is 0.111. The van der Waals surface area contributed by atoms with Crippen LogP contribution in [0.25, 0.3) is 11.0 Å². The molecule has 3 heterocycles. The highest BCUT2D eigenvalue weighted by Gasteiger charge is 2.30. The molecule has 0 bridgehead atoms.